The normalized spacial score (nSPS) is 18.8. The van der Waals surface area contributed by atoms with Crippen LogP contribution in [0.25, 0.3) is 0 Å². The molecule has 0 radical (unpaired) electrons. The summed E-state index contributed by atoms with van der Waals surface area (Å²) in [5, 5.41) is 3.00. The average molecular weight is 480 g/mol. The quantitative estimate of drug-likeness (QED) is 0.566. The lowest BCUT2D eigenvalue weighted by Gasteiger charge is -2.31. The van der Waals surface area contributed by atoms with Crippen molar-refractivity contribution in [1.82, 2.24) is 10.2 Å². The molecule has 2 aliphatic heterocycles. The second-order valence-corrected chi connectivity index (χ2v) is 9.46. The van der Waals surface area contributed by atoms with Crippen LogP contribution in [0.15, 0.2) is 48.5 Å². The Morgan fingerprint density at radius 1 is 1.14 bits per heavy atom. The van der Waals surface area contributed by atoms with Crippen molar-refractivity contribution in [2.24, 2.45) is 5.92 Å². The van der Waals surface area contributed by atoms with Gasteiger partial charge >= 0.3 is 0 Å². The maximum atomic E-state index is 12.8. The fourth-order valence-electron chi connectivity index (χ4n) is 4.74. The number of benzene rings is 2. The first-order valence-electron chi connectivity index (χ1n) is 12.7. The van der Waals surface area contributed by atoms with Crippen molar-refractivity contribution in [3.8, 4) is 5.75 Å². The number of amides is 2. The van der Waals surface area contributed by atoms with Gasteiger partial charge in [0.05, 0.1) is 5.92 Å². The van der Waals surface area contributed by atoms with Gasteiger partial charge in [-0.1, -0.05) is 31.2 Å². The highest BCUT2D eigenvalue weighted by molar-refractivity contribution is 6.00. The largest absolute Gasteiger partial charge is 0.492 e. The number of nitrogens with zero attached hydrogens (tertiary/aromatic N) is 2. The van der Waals surface area contributed by atoms with Crippen molar-refractivity contribution in [3.05, 3.63) is 59.7 Å². The minimum absolute atomic E-state index is 0.00415. The third-order valence-electron chi connectivity index (χ3n) is 7.04. The van der Waals surface area contributed by atoms with Crippen LogP contribution in [0, 0.1) is 5.92 Å². The van der Waals surface area contributed by atoms with Crippen molar-refractivity contribution < 1.29 is 19.1 Å². The molecule has 2 amide bonds. The van der Waals surface area contributed by atoms with Crippen LogP contribution in [0.4, 0.5) is 5.69 Å². The third kappa shape index (κ3) is 6.83. The van der Waals surface area contributed by atoms with Gasteiger partial charge in [0.25, 0.3) is 0 Å². The van der Waals surface area contributed by atoms with Gasteiger partial charge in [0.1, 0.15) is 12.4 Å². The average Bonchev–Trinajstić information content (AvgIpc) is 3.29. The van der Waals surface area contributed by atoms with Crippen LogP contribution < -0.4 is 15.0 Å². The Kier molecular flexibility index (Phi) is 8.77. The molecule has 0 saturated carbocycles. The molecule has 188 valence electrons. The van der Waals surface area contributed by atoms with Crippen LogP contribution in [0.5, 0.6) is 5.75 Å². The molecule has 1 unspecified atom stereocenters. The molecular weight excluding hydrogens is 442 g/mol. The molecule has 7 heteroatoms. The molecule has 2 heterocycles. The number of hydrogen-bond acceptors (Lipinski definition) is 5. The Morgan fingerprint density at radius 3 is 2.66 bits per heavy atom. The van der Waals surface area contributed by atoms with Gasteiger partial charge in [0.2, 0.25) is 11.8 Å². The summed E-state index contributed by atoms with van der Waals surface area (Å²) in [7, 11) is 2.14. The smallest absolute Gasteiger partial charge is 0.227 e. The lowest BCUT2D eigenvalue weighted by atomic mass is 10.1. The Morgan fingerprint density at radius 2 is 1.91 bits per heavy atom. The molecule has 7 nitrogen and oxygen atoms in total. The maximum absolute atomic E-state index is 12.8. The fraction of sp³-hybridized carbons (Fsp3) is 0.500. The number of ether oxygens (including phenoxy) is 2. The number of hydrogen-bond donors (Lipinski definition) is 1. The van der Waals surface area contributed by atoms with E-state index in [1.165, 1.54) is 5.56 Å². The standard InChI is InChI=1S/C28H37N3O4/c1-3-21-7-9-25(10-8-21)31-20-23(18-27(31)32)28(33)29-19-22-5-4-6-26(17-22)35-16-13-30(2)24-11-14-34-15-12-24/h4-10,17,23-24H,3,11-16,18-20H2,1-2H3,(H,29,33). The molecule has 2 saturated heterocycles. The minimum Gasteiger partial charge on any atom is -0.492 e. The molecule has 1 atom stereocenters. The molecule has 2 aromatic carbocycles. The van der Waals surface area contributed by atoms with E-state index in [2.05, 4.69) is 24.2 Å². The highest BCUT2D eigenvalue weighted by atomic mass is 16.5. The Balaban J connectivity index is 1.23. The van der Waals surface area contributed by atoms with E-state index in [1.54, 1.807) is 4.90 Å². The van der Waals surface area contributed by atoms with E-state index < -0.39 is 0 Å². The van der Waals surface area contributed by atoms with Crippen LogP contribution >= 0.6 is 0 Å². The van der Waals surface area contributed by atoms with Gasteiger partial charge < -0.3 is 19.7 Å². The van der Waals surface area contributed by atoms with Crippen LogP contribution in [-0.2, 0) is 27.3 Å². The Bertz CT molecular complexity index is 988. The first kappa shape index (κ1) is 25.2. The second-order valence-electron chi connectivity index (χ2n) is 9.46. The van der Waals surface area contributed by atoms with Crippen LogP contribution in [0.3, 0.4) is 0 Å². The first-order valence-corrected chi connectivity index (χ1v) is 12.7. The Labute approximate surface area is 208 Å². The third-order valence-corrected chi connectivity index (χ3v) is 7.04. The number of aryl methyl sites for hydroxylation is 1. The molecule has 4 rings (SSSR count). The lowest BCUT2D eigenvalue weighted by Crippen LogP contribution is -2.38. The van der Waals surface area contributed by atoms with E-state index in [1.807, 2.05) is 48.5 Å². The van der Waals surface area contributed by atoms with Crippen molar-refractivity contribution in [3.63, 3.8) is 0 Å². The molecule has 0 spiro atoms. The molecule has 1 N–H and O–H groups in total. The van der Waals surface area contributed by atoms with E-state index in [-0.39, 0.29) is 24.2 Å². The summed E-state index contributed by atoms with van der Waals surface area (Å²) in [6.07, 6.45) is 3.34. The highest BCUT2D eigenvalue weighted by Crippen LogP contribution is 2.26. The molecular formula is C28H37N3O4. The number of carbonyl (C=O) groups excluding carboxylic acids is 2. The lowest BCUT2D eigenvalue weighted by molar-refractivity contribution is -0.126. The van der Waals surface area contributed by atoms with Gasteiger partial charge in [-0.15, -0.1) is 0 Å². The van der Waals surface area contributed by atoms with Gasteiger partial charge in [-0.25, -0.2) is 0 Å². The summed E-state index contributed by atoms with van der Waals surface area (Å²) in [6, 6.07) is 16.4. The van der Waals surface area contributed by atoms with Crippen LogP contribution in [0.2, 0.25) is 0 Å². The summed E-state index contributed by atoms with van der Waals surface area (Å²) >= 11 is 0. The van der Waals surface area contributed by atoms with Crippen molar-refractivity contribution >= 4 is 17.5 Å². The van der Waals surface area contributed by atoms with Gasteiger partial charge in [0.15, 0.2) is 0 Å². The summed E-state index contributed by atoms with van der Waals surface area (Å²) in [4.78, 5) is 29.4. The monoisotopic (exact) mass is 479 g/mol. The predicted molar refractivity (Wildman–Crippen MR) is 137 cm³/mol. The number of nitrogens with one attached hydrogen (secondary N) is 1. The van der Waals surface area contributed by atoms with Crippen molar-refractivity contribution in [2.75, 3.05) is 44.9 Å². The van der Waals surface area contributed by atoms with Gasteiger partial charge in [-0.2, -0.15) is 0 Å². The van der Waals surface area contributed by atoms with E-state index in [9.17, 15) is 9.59 Å². The van der Waals surface area contributed by atoms with Gasteiger partial charge in [0, 0.05) is 51.0 Å². The highest BCUT2D eigenvalue weighted by Gasteiger charge is 2.35. The van der Waals surface area contributed by atoms with E-state index in [0.29, 0.717) is 25.7 Å². The zero-order chi connectivity index (χ0) is 24.6. The number of rotatable bonds is 10. The van der Waals surface area contributed by atoms with Crippen LogP contribution in [-0.4, -0.2) is 62.7 Å². The van der Waals surface area contributed by atoms with E-state index in [0.717, 1.165) is 56.0 Å². The molecule has 0 bridgehead atoms. The topological polar surface area (TPSA) is 71.1 Å². The minimum atomic E-state index is -0.339. The number of carbonyl (C=O) groups is 2. The zero-order valence-electron chi connectivity index (χ0n) is 20.9. The molecule has 2 aliphatic rings. The fourth-order valence-corrected chi connectivity index (χ4v) is 4.74. The molecule has 2 aromatic rings. The van der Waals surface area contributed by atoms with Gasteiger partial charge in [-0.3, -0.25) is 14.5 Å². The van der Waals surface area contributed by atoms with Gasteiger partial charge in [-0.05, 0) is 61.7 Å². The maximum Gasteiger partial charge on any atom is 0.227 e. The Hall–Kier alpha value is -2.90. The predicted octanol–water partition coefficient (Wildman–Crippen LogP) is 3.41. The molecule has 2 fully saturated rings. The SMILES string of the molecule is CCc1ccc(N2CC(C(=O)NCc3cccc(OCCN(C)C4CCOCC4)c3)CC2=O)cc1. The van der Waals surface area contributed by atoms with E-state index in [4.69, 9.17) is 9.47 Å². The summed E-state index contributed by atoms with van der Waals surface area (Å²) < 4.78 is 11.4. The molecule has 0 aliphatic carbocycles. The second kappa shape index (κ2) is 12.2. The number of anilines is 1. The first-order chi connectivity index (χ1) is 17.0. The van der Waals surface area contributed by atoms with E-state index >= 15 is 0 Å². The zero-order valence-corrected chi connectivity index (χ0v) is 20.9. The summed E-state index contributed by atoms with van der Waals surface area (Å²) in [5.74, 6) is 0.370. The summed E-state index contributed by atoms with van der Waals surface area (Å²) in [6.45, 7) is 6.08. The van der Waals surface area contributed by atoms with Crippen molar-refractivity contribution in [1.29, 1.82) is 0 Å². The van der Waals surface area contributed by atoms with Crippen molar-refractivity contribution in [2.45, 2.75) is 45.2 Å². The summed E-state index contributed by atoms with van der Waals surface area (Å²) in [5.41, 5.74) is 3.06. The molecule has 35 heavy (non-hydrogen) atoms. The number of likely N-dealkylation sites (N-methyl/N-ethyl adjacent to an activating group) is 1. The van der Waals surface area contributed by atoms with Crippen LogP contribution in [0.1, 0.15) is 37.3 Å². The molecule has 0 aromatic heterocycles.